The van der Waals surface area contributed by atoms with Gasteiger partial charge in [-0.3, -0.25) is 4.79 Å². The molecule has 0 saturated carbocycles. The molecule has 2 aromatic rings. The van der Waals surface area contributed by atoms with Crippen LogP contribution in [0.15, 0.2) is 34.4 Å². The molecule has 0 radical (unpaired) electrons. The highest BCUT2D eigenvalue weighted by Gasteiger charge is 2.31. The minimum absolute atomic E-state index is 0.0282. The Labute approximate surface area is 108 Å². The quantitative estimate of drug-likeness (QED) is 0.607. The average Bonchev–Trinajstić information content (AvgIpc) is 2.91. The summed E-state index contributed by atoms with van der Waals surface area (Å²) in [5, 5.41) is 19.0. The monoisotopic (exact) mass is 258 g/mol. The van der Waals surface area contributed by atoms with Crippen molar-refractivity contribution in [1.29, 1.82) is 0 Å². The van der Waals surface area contributed by atoms with Crippen LogP contribution in [-0.2, 0) is 0 Å². The van der Waals surface area contributed by atoms with Crippen molar-refractivity contribution >= 4 is 11.9 Å². The maximum atomic E-state index is 12.0. The molecule has 5 heteroatoms. The third-order valence-corrected chi connectivity index (χ3v) is 2.83. The van der Waals surface area contributed by atoms with Crippen LogP contribution in [0.5, 0.6) is 17.2 Å². The van der Waals surface area contributed by atoms with Gasteiger partial charge in [0.1, 0.15) is 11.5 Å². The summed E-state index contributed by atoms with van der Waals surface area (Å²) in [6, 6.07) is 6.12. The summed E-state index contributed by atoms with van der Waals surface area (Å²) in [5.41, 5.74) is 0.213. The molecule has 3 rings (SSSR count). The number of rotatable bonds is 1. The summed E-state index contributed by atoms with van der Waals surface area (Å²) in [5.74, 6) is 0.0864. The van der Waals surface area contributed by atoms with E-state index in [4.69, 9.17) is 9.15 Å². The van der Waals surface area contributed by atoms with Gasteiger partial charge in [-0.25, -0.2) is 0 Å². The Hall–Kier alpha value is -2.69. The number of aromatic hydroxyl groups is 2. The second-order valence-corrected chi connectivity index (χ2v) is 4.20. The average molecular weight is 258 g/mol. The van der Waals surface area contributed by atoms with Crippen LogP contribution in [0.1, 0.15) is 21.9 Å². The third-order valence-electron chi connectivity index (χ3n) is 2.83. The zero-order chi connectivity index (χ0) is 13.6. The van der Waals surface area contributed by atoms with Crippen LogP contribution in [0.25, 0.3) is 6.08 Å². The Morgan fingerprint density at radius 3 is 2.63 bits per heavy atom. The minimum atomic E-state index is -0.440. The number of allylic oxidation sites excluding steroid dienone is 1. The first-order chi connectivity index (χ1) is 9.06. The molecule has 1 aliphatic rings. The SMILES string of the molecule is Cc1ccc(C=C2Oc3c(ccc(O)c3O)C2=O)o1. The summed E-state index contributed by atoms with van der Waals surface area (Å²) in [4.78, 5) is 12.0. The van der Waals surface area contributed by atoms with Gasteiger partial charge in [0.2, 0.25) is 11.5 Å². The van der Waals surface area contributed by atoms with Crippen LogP contribution in [0, 0.1) is 6.92 Å². The number of hydrogen-bond donors (Lipinski definition) is 2. The predicted molar refractivity (Wildman–Crippen MR) is 66.2 cm³/mol. The van der Waals surface area contributed by atoms with Gasteiger partial charge in [0.25, 0.3) is 0 Å². The molecule has 0 bridgehead atoms. The number of carbonyl (C=O) groups excluding carboxylic acids is 1. The molecule has 96 valence electrons. The number of ether oxygens (including phenoxy) is 1. The van der Waals surface area contributed by atoms with Crippen molar-refractivity contribution in [1.82, 2.24) is 0 Å². The van der Waals surface area contributed by atoms with E-state index in [1.807, 2.05) is 0 Å². The number of ketones is 1. The van der Waals surface area contributed by atoms with Gasteiger partial charge in [0.05, 0.1) is 5.56 Å². The first kappa shape index (κ1) is 11.4. The van der Waals surface area contributed by atoms with E-state index >= 15 is 0 Å². The number of benzene rings is 1. The van der Waals surface area contributed by atoms with Crippen molar-refractivity contribution in [3.8, 4) is 17.2 Å². The molecule has 2 N–H and O–H groups in total. The number of Topliss-reactive ketones (excluding diaryl/α,β-unsaturated/α-hetero) is 1. The largest absolute Gasteiger partial charge is 0.504 e. The van der Waals surface area contributed by atoms with E-state index in [0.29, 0.717) is 5.76 Å². The van der Waals surface area contributed by atoms with E-state index in [-0.39, 0.29) is 28.6 Å². The highest BCUT2D eigenvalue weighted by Crippen LogP contribution is 2.44. The Bertz CT molecular complexity index is 709. The molecule has 1 aliphatic heterocycles. The molecule has 1 aromatic carbocycles. The Morgan fingerprint density at radius 2 is 1.95 bits per heavy atom. The number of carbonyl (C=O) groups is 1. The summed E-state index contributed by atoms with van der Waals surface area (Å²) >= 11 is 0. The molecule has 0 amide bonds. The fourth-order valence-corrected chi connectivity index (χ4v) is 1.89. The number of hydrogen-bond acceptors (Lipinski definition) is 5. The Balaban J connectivity index is 2.04. The Kier molecular flexibility index (Phi) is 2.35. The number of furan rings is 1. The van der Waals surface area contributed by atoms with Gasteiger partial charge in [0.15, 0.2) is 17.3 Å². The van der Waals surface area contributed by atoms with Crippen molar-refractivity contribution in [2.75, 3.05) is 0 Å². The lowest BCUT2D eigenvalue weighted by molar-refractivity contribution is 0.101. The van der Waals surface area contributed by atoms with Crippen LogP contribution in [-0.4, -0.2) is 16.0 Å². The molecular formula is C14H10O5. The summed E-state index contributed by atoms with van der Waals surface area (Å²) < 4.78 is 10.6. The lowest BCUT2D eigenvalue weighted by atomic mass is 10.1. The van der Waals surface area contributed by atoms with Crippen LogP contribution in [0.2, 0.25) is 0 Å². The highest BCUT2D eigenvalue weighted by atomic mass is 16.5. The number of phenolic OH excluding ortho intramolecular Hbond substituents is 2. The van der Waals surface area contributed by atoms with Crippen molar-refractivity contribution in [3.63, 3.8) is 0 Å². The van der Waals surface area contributed by atoms with E-state index in [9.17, 15) is 15.0 Å². The fourth-order valence-electron chi connectivity index (χ4n) is 1.89. The zero-order valence-electron chi connectivity index (χ0n) is 10.0. The number of fused-ring (bicyclic) bond motifs is 1. The van der Waals surface area contributed by atoms with Crippen LogP contribution >= 0.6 is 0 Å². The van der Waals surface area contributed by atoms with Crippen molar-refractivity contribution in [3.05, 3.63) is 47.1 Å². The molecule has 0 fully saturated rings. The topological polar surface area (TPSA) is 79.9 Å². The molecule has 5 nitrogen and oxygen atoms in total. The van der Waals surface area contributed by atoms with E-state index in [1.165, 1.54) is 18.2 Å². The smallest absolute Gasteiger partial charge is 0.232 e. The van der Waals surface area contributed by atoms with Crippen LogP contribution in [0.4, 0.5) is 0 Å². The molecule has 0 unspecified atom stereocenters. The summed E-state index contributed by atoms with van der Waals surface area (Å²) in [6.45, 7) is 1.79. The normalized spacial score (nSPS) is 15.6. The van der Waals surface area contributed by atoms with Crippen LogP contribution < -0.4 is 4.74 Å². The van der Waals surface area contributed by atoms with Crippen LogP contribution in [0.3, 0.4) is 0 Å². The van der Waals surface area contributed by atoms with Crippen molar-refractivity contribution in [2.45, 2.75) is 6.92 Å². The van der Waals surface area contributed by atoms with Gasteiger partial charge in [-0.2, -0.15) is 0 Å². The van der Waals surface area contributed by atoms with Crippen molar-refractivity contribution < 1.29 is 24.2 Å². The summed E-state index contributed by atoms with van der Waals surface area (Å²) in [6.07, 6.45) is 1.45. The van der Waals surface area contributed by atoms with Gasteiger partial charge in [-0.1, -0.05) is 0 Å². The zero-order valence-corrected chi connectivity index (χ0v) is 10.0. The van der Waals surface area contributed by atoms with E-state index in [0.717, 1.165) is 5.76 Å². The third kappa shape index (κ3) is 1.76. The van der Waals surface area contributed by atoms with Gasteiger partial charge >= 0.3 is 0 Å². The summed E-state index contributed by atoms with van der Waals surface area (Å²) in [7, 11) is 0. The maximum absolute atomic E-state index is 12.0. The molecule has 1 aromatic heterocycles. The minimum Gasteiger partial charge on any atom is -0.504 e. The lowest BCUT2D eigenvalue weighted by Gasteiger charge is -2.02. The predicted octanol–water partition coefficient (Wildman–Crippen LogP) is 2.62. The van der Waals surface area contributed by atoms with E-state index in [1.54, 1.807) is 19.1 Å². The molecule has 19 heavy (non-hydrogen) atoms. The van der Waals surface area contributed by atoms with Gasteiger partial charge in [-0.15, -0.1) is 0 Å². The standard InChI is InChI=1S/C14H10O5/c1-7-2-3-8(18-7)6-11-12(16)9-4-5-10(15)13(17)14(9)19-11/h2-6,15,17H,1H3. The van der Waals surface area contributed by atoms with Gasteiger partial charge < -0.3 is 19.4 Å². The molecule has 0 saturated heterocycles. The molecule has 0 atom stereocenters. The van der Waals surface area contributed by atoms with E-state index in [2.05, 4.69) is 0 Å². The molecule has 0 aliphatic carbocycles. The molecular weight excluding hydrogens is 248 g/mol. The van der Waals surface area contributed by atoms with E-state index < -0.39 is 5.75 Å². The maximum Gasteiger partial charge on any atom is 0.232 e. The Morgan fingerprint density at radius 1 is 1.16 bits per heavy atom. The molecule has 2 heterocycles. The fraction of sp³-hybridized carbons (Fsp3) is 0.0714. The first-order valence-corrected chi connectivity index (χ1v) is 5.62. The number of aryl methyl sites for hydroxylation is 1. The molecule has 0 spiro atoms. The number of phenols is 2. The lowest BCUT2D eigenvalue weighted by Crippen LogP contribution is -1.97. The second-order valence-electron chi connectivity index (χ2n) is 4.20. The highest BCUT2D eigenvalue weighted by molar-refractivity contribution is 6.15. The van der Waals surface area contributed by atoms with Gasteiger partial charge in [-0.05, 0) is 31.2 Å². The first-order valence-electron chi connectivity index (χ1n) is 5.62. The van der Waals surface area contributed by atoms with Gasteiger partial charge in [0, 0.05) is 6.08 Å². The van der Waals surface area contributed by atoms with Crippen molar-refractivity contribution in [2.24, 2.45) is 0 Å². The second kappa shape index (κ2) is 3.91.